The number of carboxylic acid groups (broad SMARTS) is 1. The van der Waals surface area contributed by atoms with E-state index in [9.17, 15) is 9.59 Å². The zero-order valence-corrected chi connectivity index (χ0v) is 11.4. The molecule has 2 atom stereocenters. The summed E-state index contributed by atoms with van der Waals surface area (Å²) in [5, 5.41) is 20.6. The number of hydrogen-bond donors (Lipinski definition) is 3. The van der Waals surface area contributed by atoms with Crippen molar-refractivity contribution in [1.29, 1.82) is 0 Å². The number of piperazine rings is 1. The van der Waals surface area contributed by atoms with Crippen LogP contribution in [0.3, 0.4) is 0 Å². The lowest BCUT2D eigenvalue weighted by molar-refractivity contribution is -0.140. The van der Waals surface area contributed by atoms with Crippen LogP contribution in [0.5, 0.6) is 0 Å². The van der Waals surface area contributed by atoms with Crippen molar-refractivity contribution in [3.63, 3.8) is 0 Å². The normalized spacial score (nSPS) is 26.8. The summed E-state index contributed by atoms with van der Waals surface area (Å²) in [4.78, 5) is 26.7. The number of hydrogen-bond acceptors (Lipinski definition) is 4. The third-order valence-corrected chi connectivity index (χ3v) is 3.79. The van der Waals surface area contributed by atoms with E-state index in [2.05, 4.69) is 10.2 Å². The molecule has 1 fully saturated rings. The van der Waals surface area contributed by atoms with Gasteiger partial charge in [0.25, 0.3) is 0 Å². The molecule has 0 spiro atoms. The number of carboxylic acids is 1. The Morgan fingerprint density at radius 1 is 1.20 bits per heavy atom. The maximum absolute atomic E-state index is 12.1. The summed E-state index contributed by atoms with van der Waals surface area (Å²) in [5.41, 5.74) is 0. The Kier molecular flexibility index (Phi) is 4.97. The van der Waals surface area contributed by atoms with Gasteiger partial charge >= 0.3 is 12.0 Å². The first kappa shape index (κ1) is 14.8. The molecule has 112 valence electrons. The number of amides is 2. The van der Waals surface area contributed by atoms with Crippen molar-refractivity contribution in [2.24, 2.45) is 5.92 Å². The first-order valence-corrected chi connectivity index (χ1v) is 6.90. The van der Waals surface area contributed by atoms with E-state index in [-0.39, 0.29) is 18.7 Å². The fraction of sp³-hybridized carbons (Fsp3) is 0.692. The number of carbonyl (C=O) groups is 2. The van der Waals surface area contributed by atoms with Gasteiger partial charge in [0.2, 0.25) is 0 Å². The minimum atomic E-state index is -0.851. The summed E-state index contributed by atoms with van der Waals surface area (Å²) in [6, 6.07) is -0.339. The molecule has 2 aliphatic rings. The van der Waals surface area contributed by atoms with Crippen molar-refractivity contribution in [2.75, 3.05) is 39.3 Å². The van der Waals surface area contributed by atoms with Crippen molar-refractivity contribution < 1.29 is 19.8 Å². The molecule has 1 heterocycles. The molecule has 0 radical (unpaired) electrons. The zero-order valence-electron chi connectivity index (χ0n) is 11.4. The van der Waals surface area contributed by atoms with E-state index >= 15 is 0 Å². The summed E-state index contributed by atoms with van der Waals surface area (Å²) in [5.74, 6) is -1.35. The maximum Gasteiger partial charge on any atom is 0.317 e. The van der Waals surface area contributed by atoms with Crippen LogP contribution in [-0.2, 0) is 4.79 Å². The summed E-state index contributed by atoms with van der Waals surface area (Å²) >= 11 is 0. The number of urea groups is 1. The van der Waals surface area contributed by atoms with Gasteiger partial charge in [-0.15, -0.1) is 0 Å². The molecule has 0 aromatic carbocycles. The predicted molar refractivity (Wildman–Crippen MR) is 72.3 cm³/mol. The average molecular weight is 283 g/mol. The molecule has 1 aliphatic carbocycles. The smallest absolute Gasteiger partial charge is 0.317 e. The number of aliphatic hydroxyl groups excluding tert-OH is 1. The quantitative estimate of drug-likeness (QED) is 0.595. The minimum Gasteiger partial charge on any atom is -0.481 e. The SMILES string of the molecule is O=C(O)C1C=CC(NC(=O)N2CCN(CCO)CC2)C1. The van der Waals surface area contributed by atoms with Gasteiger partial charge in [-0.05, 0) is 6.42 Å². The molecule has 2 rings (SSSR count). The monoisotopic (exact) mass is 283 g/mol. The van der Waals surface area contributed by atoms with Crippen LogP contribution in [0, 0.1) is 5.92 Å². The summed E-state index contributed by atoms with van der Waals surface area (Å²) in [6.45, 7) is 3.55. The van der Waals surface area contributed by atoms with Gasteiger partial charge in [-0.1, -0.05) is 12.2 Å². The van der Waals surface area contributed by atoms with Crippen molar-refractivity contribution in [2.45, 2.75) is 12.5 Å². The van der Waals surface area contributed by atoms with Gasteiger partial charge in [0.15, 0.2) is 0 Å². The number of nitrogens with zero attached hydrogens (tertiary/aromatic N) is 2. The number of rotatable bonds is 4. The molecule has 1 aliphatic heterocycles. The van der Waals surface area contributed by atoms with Gasteiger partial charge < -0.3 is 20.4 Å². The molecular formula is C13H21N3O4. The number of β-amino-alcohol motifs (C(OH)–C–C–N with tert-alkyl or cyclic N) is 1. The Hall–Kier alpha value is -1.60. The first-order valence-electron chi connectivity index (χ1n) is 6.90. The van der Waals surface area contributed by atoms with Crippen LogP contribution in [0.1, 0.15) is 6.42 Å². The number of aliphatic carboxylic acids is 1. The standard InChI is InChI=1S/C13H21N3O4/c17-8-7-15-3-5-16(6-4-15)13(20)14-11-2-1-10(9-11)12(18)19/h1-2,10-11,17H,3-9H2,(H,14,20)(H,18,19). The third kappa shape index (κ3) is 3.71. The number of nitrogens with one attached hydrogen (secondary N) is 1. The molecular weight excluding hydrogens is 262 g/mol. The van der Waals surface area contributed by atoms with E-state index in [1.54, 1.807) is 17.1 Å². The molecule has 0 aromatic heterocycles. The second-order valence-electron chi connectivity index (χ2n) is 5.17. The van der Waals surface area contributed by atoms with E-state index in [1.165, 1.54) is 0 Å². The molecule has 2 amide bonds. The lowest BCUT2D eigenvalue weighted by Gasteiger charge is -2.34. The van der Waals surface area contributed by atoms with E-state index in [0.717, 1.165) is 13.1 Å². The largest absolute Gasteiger partial charge is 0.481 e. The van der Waals surface area contributed by atoms with Crippen LogP contribution < -0.4 is 5.32 Å². The third-order valence-electron chi connectivity index (χ3n) is 3.79. The van der Waals surface area contributed by atoms with Gasteiger partial charge in [0, 0.05) is 32.7 Å². The molecule has 2 unspecified atom stereocenters. The van der Waals surface area contributed by atoms with E-state index in [1.807, 2.05) is 0 Å². The molecule has 1 saturated heterocycles. The van der Waals surface area contributed by atoms with Gasteiger partial charge in [-0.2, -0.15) is 0 Å². The van der Waals surface area contributed by atoms with Crippen molar-refractivity contribution >= 4 is 12.0 Å². The summed E-state index contributed by atoms with van der Waals surface area (Å²) in [7, 11) is 0. The number of aliphatic hydroxyl groups is 1. The van der Waals surface area contributed by atoms with E-state index < -0.39 is 11.9 Å². The molecule has 7 nitrogen and oxygen atoms in total. The molecule has 7 heteroatoms. The van der Waals surface area contributed by atoms with Crippen molar-refractivity contribution in [3.8, 4) is 0 Å². The van der Waals surface area contributed by atoms with E-state index in [0.29, 0.717) is 26.1 Å². The highest BCUT2D eigenvalue weighted by Gasteiger charge is 2.27. The predicted octanol–water partition coefficient (Wildman–Crippen LogP) is -0.665. The van der Waals surface area contributed by atoms with Gasteiger partial charge in [-0.25, -0.2) is 4.79 Å². The minimum absolute atomic E-state index is 0.135. The molecule has 0 bridgehead atoms. The fourth-order valence-electron chi connectivity index (χ4n) is 2.56. The number of carbonyl (C=O) groups excluding carboxylic acids is 1. The molecule has 0 aromatic rings. The Bertz CT molecular complexity index is 391. The Labute approximate surface area is 117 Å². The molecule has 20 heavy (non-hydrogen) atoms. The topological polar surface area (TPSA) is 93.1 Å². The van der Waals surface area contributed by atoms with Crippen LogP contribution in [0.15, 0.2) is 12.2 Å². The summed E-state index contributed by atoms with van der Waals surface area (Å²) in [6.07, 6.45) is 3.80. The second kappa shape index (κ2) is 6.71. The molecule has 0 saturated carbocycles. The Balaban J connectivity index is 1.74. The van der Waals surface area contributed by atoms with Crippen LogP contribution >= 0.6 is 0 Å². The lowest BCUT2D eigenvalue weighted by Crippen LogP contribution is -2.53. The maximum atomic E-state index is 12.1. The van der Waals surface area contributed by atoms with Crippen LogP contribution in [0.4, 0.5) is 4.79 Å². The van der Waals surface area contributed by atoms with Crippen LogP contribution in [-0.4, -0.2) is 77.4 Å². The highest BCUT2D eigenvalue weighted by Crippen LogP contribution is 2.18. The highest BCUT2D eigenvalue weighted by atomic mass is 16.4. The summed E-state index contributed by atoms with van der Waals surface area (Å²) < 4.78 is 0. The van der Waals surface area contributed by atoms with Crippen LogP contribution in [0.25, 0.3) is 0 Å². The molecule has 3 N–H and O–H groups in total. The lowest BCUT2D eigenvalue weighted by atomic mass is 10.1. The average Bonchev–Trinajstić information content (AvgIpc) is 2.88. The van der Waals surface area contributed by atoms with Crippen molar-refractivity contribution in [3.05, 3.63) is 12.2 Å². The second-order valence-corrected chi connectivity index (χ2v) is 5.17. The first-order chi connectivity index (χ1) is 9.60. The zero-order chi connectivity index (χ0) is 14.5. The van der Waals surface area contributed by atoms with Gasteiger partial charge in [0.05, 0.1) is 18.6 Å². The highest BCUT2D eigenvalue weighted by molar-refractivity contribution is 5.76. The van der Waals surface area contributed by atoms with Crippen molar-refractivity contribution in [1.82, 2.24) is 15.1 Å². The van der Waals surface area contributed by atoms with Gasteiger partial charge in [-0.3, -0.25) is 9.69 Å². The Morgan fingerprint density at radius 3 is 2.45 bits per heavy atom. The van der Waals surface area contributed by atoms with Gasteiger partial charge in [0.1, 0.15) is 0 Å². The Morgan fingerprint density at radius 2 is 1.90 bits per heavy atom. The van der Waals surface area contributed by atoms with Crippen LogP contribution in [0.2, 0.25) is 0 Å². The fourth-order valence-corrected chi connectivity index (χ4v) is 2.56. The van der Waals surface area contributed by atoms with E-state index in [4.69, 9.17) is 10.2 Å².